The third-order valence-corrected chi connectivity index (χ3v) is 11.7. The first-order valence-corrected chi connectivity index (χ1v) is 18.8. The molecule has 3 heterocycles. The van der Waals surface area contributed by atoms with Crippen LogP contribution in [-0.2, 0) is 23.8 Å². The second-order valence-electron chi connectivity index (χ2n) is 14.8. The third kappa shape index (κ3) is 8.86. The molecule has 3 N–H and O–H groups in total. The van der Waals surface area contributed by atoms with Gasteiger partial charge in [0.15, 0.2) is 0 Å². The molecule has 3 atom stereocenters. The van der Waals surface area contributed by atoms with Gasteiger partial charge < -0.3 is 34.6 Å². The molecule has 2 amide bonds. The highest BCUT2D eigenvalue weighted by Crippen LogP contribution is 2.42. The number of morpholine rings is 1. The molecule has 2 saturated carbocycles. The topological polar surface area (TPSA) is 137 Å². The maximum absolute atomic E-state index is 14.2. The number of rotatable bonds is 13. The lowest BCUT2D eigenvalue weighted by Gasteiger charge is -2.37. The number of carbonyl (C=O) groups excluding carboxylic acids is 3. The third-order valence-electron chi connectivity index (χ3n) is 11.7. The molecule has 4 fully saturated rings. The number of alkyl halides is 1. The number of nitrogens with zero attached hydrogens (tertiary/aromatic N) is 2. The monoisotopic (exact) mass is 698 g/mol. The van der Waals surface area contributed by atoms with Crippen LogP contribution in [0, 0.1) is 23.7 Å². The fourth-order valence-electron chi connectivity index (χ4n) is 8.74. The zero-order valence-corrected chi connectivity index (χ0v) is 29.5. The van der Waals surface area contributed by atoms with Crippen molar-refractivity contribution in [1.82, 2.24) is 9.80 Å². The van der Waals surface area contributed by atoms with Gasteiger partial charge in [-0.25, -0.2) is 9.18 Å². The van der Waals surface area contributed by atoms with Gasteiger partial charge in [-0.3, -0.25) is 14.5 Å². The number of nitrogens with one attached hydrogen (secondary N) is 1. The number of anilines is 1. The van der Waals surface area contributed by atoms with E-state index in [0.717, 1.165) is 90.6 Å². The average molecular weight is 699 g/mol. The van der Waals surface area contributed by atoms with Gasteiger partial charge in [0.2, 0.25) is 17.6 Å². The van der Waals surface area contributed by atoms with Crippen LogP contribution in [0.1, 0.15) is 81.2 Å². The Labute approximate surface area is 294 Å². The number of hydrogen-bond donors (Lipinski definition) is 2. The molecule has 276 valence electrons. The van der Waals surface area contributed by atoms with Gasteiger partial charge >= 0.3 is 5.97 Å². The highest BCUT2D eigenvalue weighted by Gasteiger charge is 2.47. The summed E-state index contributed by atoms with van der Waals surface area (Å²) in [4.78, 5) is 45.2. The molecule has 1 aromatic carbocycles. The lowest BCUT2D eigenvalue weighted by Crippen LogP contribution is -2.50. The highest BCUT2D eigenvalue weighted by atomic mass is 19.1. The summed E-state index contributed by atoms with van der Waals surface area (Å²) in [6.45, 7) is 4.70. The SMILES string of the molecule is COC1CCC([C@@H]2CCN(C(=O)C3CCC([C@H](N)CF)CC3)[C@@H]2C(=O)Nc2ccc3oc(C(=O)OCCCCN4CCOCC4)cc3c2)CC1. The van der Waals surface area contributed by atoms with Crippen molar-refractivity contribution >= 4 is 34.4 Å². The van der Waals surface area contributed by atoms with Gasteiger partial charge in [-0.05, 0) is 119 Å². The number of likely N-dealkylation sites (tertiary alicyclic amines) is 1. The number of fused-ring (bicyclic) bond motifs is 1. The lowest BCUT2D eigenvalue weighted by atomic mass is 9.75. The minimum Gasteiger partial charge on any atom is -0.460 e. The molecule has 4 aliphatic rings. The highest BCUT2D eigenvalue weighted by molar-refractivity contribution is 6.00. The smallest absolute Gasteiger partial charge is 0.374 e. The van der Waals surface area contributed by atoms with E-state index in [0.29, 0.717) is 48.6 Å². The minimum absolute atomic E-state index is 0.0278. The summed E-state index contributed by atoms with van der Waals surface area (Å²) in [6, 6.07) is 5.89. The van der Waals surface area contributed by atoms with E-state index in [-0.39, 0.29) is 41.4 Å². The van der Waals surface area contributed by atoms with Crippen LogP contribution in [0.3, 0.4) is 0 Å². The number of esters is 1. The molecular formula is C38H55FN4O7. The molecule has 1 aromatic heterocycles. The second-order valence-corrected chi connectivity index (χ2v) is 14.8. The zero-order valence-electron chi connectivity index (χ0n) is 29.5. The predicted octanol–water partition coefficient (Wildman–Crippen LogP) is 5.17. The number of amides is 2. The van der Waals surface area contributed by atoms with E-state index in [1.807, 2.05) is 4.90 Å². The molecule has 6 rings (SSSR count). The zero-order chi connectivity index (χ0) is 35.0. The van der Waals surface area contributed by atoms with Crippen LogP contribution in [-0.4, -0.2) is 106 Å². The summed E-state index contributed by atoms with van der Waals surface area (Å²) >= 11 is 0. The van der Waals surface area contributed by atoms with E-state index in [2.05, 4.69) is 10.2 Å². The number of unbranched alkanes of at least 4 members (excludes halogenated alkanes) is 1. The van der Waals surface area contributed by atoms with Crippen LogP contribution in [0.2, 0.25) is 0 Å². The fraction of sp³-hybridized carbons (Fsp3) is 0.711. The van der Waals surface area contributed by atoms with Crippen molar-refractivity contribution in [3.63, 3.8) is 0 Å². The summed E-state index contributed by atoms with van der Waals surface area (Å²) in [5.41, 5.74) is 7.08. The van der Waals surface area contributed by atoms with Crippen molar-refractivity contribution in [2.75, 3.05) is 65.1 Å². The van der Waals surface area contributed by atoms with Crippen molar-refractivity contribution in [2.24, 2.45) is 29.4 Å². The molecule has 0 unspecified atom stereocenters. The lowest BCUT2D eigenvalue weighted by molar-refractivity contribution is -0.142. The van der Waals surface area contributed by atoms with E-state index < -0.39 is 24.7 Å². The molecule has 2 aliphatic heterocycles. The predicted molar refractivity (Wildman–Crippen MR) is 187 cm³/mol. The Hall–Kier alpha value is -3.06. The van der Waals surface area contributed by atoms with Crippen molar-refractivity contribution in [1.29, 1.82) is 0 Å². The van der Waals surface area contributed by atoms with Crippen LogP contribution < -0.4 is 11.1 Å². The normalized spacial score (nSPS) is 28.4. The minimum atomic E-state index is -0.578. The number of hydrogen-bond acceptors (Lipinski definition) is 9. The summed E-state index contributed by atoms with van der Waals surface area (Å²) in [6.07, 6.45) is 9.37. The summed E-state index contributed by atoms with van der Waals surface area (Å²) in [7, 11) is 1.75. The fourth-order valence-corrected chi connectivity index (χ4v) is 8.74. The van der Waals surface area contributed by atoms with Gasteiger partial charge in [-0.1, -0.05) is 0 Å². The van der Waals surface area contributed by atoms with Gasteiger partial charge in [0.1, 0.15) is 18.3 Å². The van der Waals surface area contributed by atoms with Crippen LogP contribution in [0.15, 0.2) is 28.7 Å². The molecule has 0 radical (unpaired) electrons. The first kappa shape index (κ1) is 36.7. The first-order valence-electron chi connectivity index (χ1n) is 18.8. The number of ether oxygens (including phenoxy) is 3. The van der Waals surface area contributed by atoms with Gasteiger partial charge in [-0.2, -0.15) is 0 Å². The molecule has 2 saturated heterocycles. The van der Waals surface area contributed by atoms with E-state index >= 15 is 0 Å². The second kappa shape index (κ2) is 17.4. The van der Waals surface area contributed by atoms with E-state index in [1.54, 1.807) is 31.4 Å². The number of carbonyl (C=O) groups is 3. The summed E-state index contributed by atoms with van der Waals surface area (Å²) < 4.78 is 35.5. The first-order chi connectivity index (χ1) is 24.3. The van der Waals surface area contributed by atoms with Gasteiger partial charge in [0.25, 0.3) is 0 Å². The van der Waals surface area contributed by atoms with Crippen molar-refractivity contribution in [3.05, 3.63) is 30.0 Å². The molecule has 0 spiro atoms. The molecule has 0 bridgehead atoms. The van der Waals surface area contributed by atoms with Crippen molar-refractivity contribution in [3.8, 4) is 0 Å². The van der Waals surface area contributed by atoms with Crippen LogP contribution in [0.4, 0.5) is 10.1 Å². The Kier molecular flexibility index (Phi) is 12.8. The van der Waals surface area contributed by atoms with Crippen LogP contribution in [0.5, 0.6) is 0 Å². The Morgan fingerprint density at radius 1 is 0.980 bits per heavy atom. The quantitative estimate of drug-likeness (QED) is 0.215. The van der Waals surface area contributed by atoms with Gasteiger partial charge in [-0.15, -0.1) is 0 Å². The summed E-state index contributed by atoms with van der Waals surface area (Å²) in [5.74, 6) is -0.248. The molecule has 50 heavy (non-hydrogen) atoms. The number of benzene rings is 1. The van der Waals surface area contributed by atoms with E-state index in [9.17, 15) is 18.8 Å². The Morgan fingerprint density at radius 3 is 2.46 bits per heavy atom. The van der Waals surface area contributed by atoms with Gasteiger partial charge in [0.05, 0.1) is 25.9 Å². The van der Waals surface area contributed by atoms with E-state index in [1.165, 1.54) is 0 Å². The largest absolute Gasteiger partial charge is 0.460 e. The summed E-state index contributed by atoms with van der Waals surface area (Å²) in [5, 5.41) is 3.79. The van der Waals surface area contributed by atoms with Crippen molar-refractivity contribution < 1.29 is 37.4 Å². The number of furan rings is 1. The Morgan fingerprint density at radius 2 is 1.74 bits per heavy atom. The molecule has 12 heteroatoms. The Balaban J connectivity index is 1.09. The number of nitrogens with two attached hydrogens (primary N) is 1. The maximum Gasteiger partial charge on any atom is 0.374 e. The van der Waals surface area contributed by atoms with Crippen LogP contribution >= 0.6 is 0 Å². The van der Waals surface area contributed by atoms with Crippen LogP contribution in [0.25, 0.3) is 11.0 Å². The molecule has 11 nitrogen and oxygen atoms in total. The maximum atomic E-state index is 14.2. The van der Waals surface area contributed by atoms with E-state index in [4.69, 9.17) is 24.4 Å². The molecular weight excluding hydrogens is 643 g/mol. The average Bonchev–Trinajstić information content (AvgIpc) is 3.80. The standard InChI is InChI=1S/C38H55FN4O7/c1-47-30-11-8-25(9-12-30)31-14-16-43(37(45)27-6-4-26(5-7-27)32(40)24-39)35(31)36(44)41-29-10-13-33-28(22-29)23-34(50-33)38(46)49-19-3-2-15-42-17-20-48-21-18-42/h10,13,22-23,25-27,30-32,35H,2-9,11-12,14-21,24,40H2,1H3,(H,41,44)/t25?,26?,27?,30?,31-,32+,35-/m0/s1. The van der Waals surface area contributed by atoms with Gasteiger partial charge in [0, 0.05) is 49.8 Å². The number of halogens is 1. The van der Waals surface area contributed by atoms with Crippen molar-refractivity contribution in [2.45, 2.75) is 88.8 Å². The molecule has 2 aliphatic carbocycles. The Bertz CT molecular complexity index is 1430. The molecule has 2 aromatic rings. The number of methoxy groups -OCH3 is 1.